The van der Waals surface area contributed by atoms with Gasteiger partial charge in [-0.15, -0.1) is 20.5 Å². The average molecular weight is 892 g/mol. The van der Waals surface area contributed by atoms with Crippen LogP contribution in [0.25, 0.3) is 32.7 Å². The van der Waals surface area contributed by atoms with Gasteiger partial charge in [0.05, 0.1) is 31.0 Å². The topological polar surface area (TPSA) is 234 Å². The second-order valence-electron chi connectivity index (χ2n) is 13.9. The third kappa shape index (κ3) is 8.76. The van der Waals surface area contributed by atoms with Crippen molar-refractivity contribution < 1.29 is 29.6 Å². The van der Waals surface area contributed by atoms with Gasteiger partial charge in [-0.3, -0.25) is 29.8 Å². The molecule has 0 spiro atoms. The molecule has 0 atom stereocenters. The number of phenolic OH excluding ortho intramolecular Hbond substituents is 2. The van der Waals surface area contributed by atoms with Gasteiger partial charge in [0.15, 0.2) is 11.5 Å². The lowest BCUT2D eigenvalue weighted by Crippen LogP contribution is -2.12. The average Bonchev–Trinajstić information content (AvgIpc) is 3.28. The number of carbonyl (C=O) groups is 2. The number of anilines is 2. The van der Waals surface area contributed by atoms with Crippen LogP contribution in [0, 0.1) is 20.2 Å². The van der Waals surface area contributed by atoms with E-state index in [-0.39, 0.29) is 66.7 Å². The van der Waals surface area contributed by atoms with Crippen LogP contribution in [0.5, 0.6) is 11.5 Å². The smallest absolute Gasteiger partial charge is 0.271 e. The molecule has 0 aliphatic carbocycles. The Hall–Kier alpha value is -8.60. The molecule has 8 aromatic carbocycles. The molecule has 314 valence electrons. The number of fused-ring (bicyclic) bond motifs is 2. The van der Waals surface area contributed by atoms with Crippen LogP contribution in [-0.4, -0.2) is 31.9 Å². The van der Waals surface area contributed by atoms with Gasteiger partial charge in [0.1, 0.15) is 22.7 Å². The summed E-state index contributed by atoms with van der Waals surface area (Å²) < 4.78 is 0. The first-order valence-corrected chi connectivity index (χ1v) is 19.6. The Balaban J connectivity index is 1.03. The van der Waals surface area contributed by atoms with Gasteiger partial charge in [-0.25, -0.2) is 0 Å². The van der Waals surface area contributed by atoms with Crippen molar-refractivity contribution >= 4 is 102 Å². The fourth-order valence-electron chi connectivity index (χ4n) is 6.72. The van der Waals surface area contributed by atoms with E-state index in [0.717, 1.165) is 0 Å². The minimum absolute atomic E-state index is 0.00393. The van der Waals surface area contributed by atoms with E-state index in [9.17, 15) is 40.0 Å². The van der Waals surface area contributed by atoms with Crippen LogP contribution in [0.4, 0.5) is 45.5 Å². The maximum Gasteiger partial charge on any atom is 0.271 e. The van der Waals surface area contributed by atoms with Crippen LogP contribution in [0.1, 0.15) is 20.7 Å². The summed E-state index contributed by atoms with van der Waals surface area (Å²) in [4.78, 5) is 48.0. The number of non-ortho nitro benzene ring substituents is 2. The molecular weight excluding hydrogens is 863 g/mol. The Morgan fingerprint density at radius 2 is 0.906 bits per heavy atom. The molecule has 0 aromatic heterocycles. The first kappa shape index (κ1) is 42.1. The molecule has 16 nitrogen and oxygen atoms in total. The highest BCUT2D eigenvalue weighted by Crippen LogP contribution is 2.43. The van der Waals surface area contributed by atoms with Crippen molar-refractivity contribution in [2.75, 3.05) is 10.6 Å². The second kappa shape index (κ2) is 17.8. The zero-order chi connectivity index (χ0) is 45.1. The summed E-state index contributed by atoms with van der Waals surface area (Å²) in [5.74, 6) is -2.39. The number of benzene rings is 8. The van der Waals surface area contributed by atoms with E-state index in [0.29, 0.717) is 32.7 Å². The number of phenols is 2. The molecule has 0 aliphatic heterocycles. The van der Waals surface area contributed by atoms with Crippen LogP contribution in [0.3, 0.4) is 0 Å². The van der Waals surface area contributed by atoms with E-state index in [2.05, 4.69) is 31.1 Å². The van der Waals surface area contributed by atoms with Crippen molar-refractivity contribution in [3.8, 4) is 22.6 Å². The van der Waals surface area contributed by atoms with Crippen molar-refractivity contribution in [1.82, 2.24) is 0 Å². The first-order chi connectivity index (χ1) is 30.8. The first-order valence-electron chi connectivity index (χ1n) is 18.9. The standard InChI is InChI=1S/C46H28Cl2N8O8/c47-37-21-25(15-17-39(37)51-53-41-33-13-3-1-7-27(33)19-35(43(41)57)45(59)49-29-9-5-11-31(23-29)55(61)62)26-16-18-40(38(48)22-26)52-54-42-34-14-4-2-8-28(34)20-36(44(42)58)46(60)50-30-10-6-12-32(24-30)56(63)64/h1-24,57-58H,(H,49,59)(H,50,60). The predicted molar refractivity (Wildman–Crippen MR) is 244 cm³/mol. The normalized spacial score (nSPS) is 11.3. The third-order valence-corrected chi connectivity index (χ3v) is 10.5. The number of rotatable bonds is 11. The zero-order valence-electron chi connectivity index (χ0n) is 32.6. The number of nitrogens with zero attached hydrogens (tertiary/aromatic N) is 6. The highest BCUT2D eigenvalue weighted by atomic mass is 35.5. The van der Waals surface area contributed by atoms with Gasteiger partial charge in [0, 0.05) is 46.4 Å². The highest BCUT2D eigenvalue weighted by molar-refractivity contribution is 6.34. The SMILES string of the molecule is O=C(Nc1cccc([N+](=O)[O-])c1)c1cc2ccccc2c(N=Nc2ccc(-c3ccc(N=Nc4c(O)c(C(=O)Nc5cccc([N+](=O)[O-])c5)cc5ccccc45)c(Cl)c3)cc2Cl)c1O. The summed E-state index contributed by atoms with van der Waals surface area (Å²) in [6.07, 6.45) is 0. The van der Waals surface area contributed by atoms with Gasteiger partial charge in [-0.2, -0.15) is 0 Å². The van der Waals surface area contributed by atoms with E-state index < -0.39 is 33.2 Å². The van der Waals surface area contributed by atoms with Crippen LogP contribution < -0.4 is 10.6 Å². The molecule has 0 saturated carbocycles. The number of halogens is 2. The van der Waals surface area contributed by atoms with E-state index in [1.807, 2.05) is 0 Å². The molecule has 8 aromatic rings. The van der Waals surface area contributed by atoms with Crippen LogP contribution in [-0.2, 0) is 0 Å². The lowest BCUT2D eigenvalue weighted by molar-refractivity contribution is -0.385. The Morgan fingerprint density at radius 1 is 0.500 bits per heavy atom. The third-order valence-electron chi connectivity index (χ3n) is 9.85. The lowest BCUT2D eigenvalue weighted by atomic mass is 10.0. The van der Waals surface area contributed by atoms with E-state index in [1.165, 1.54) is 60.7 Å². The maximum absolute atomic E-state index is 13.3. The molecule has 0 radical (unpaired) electrons. The fraction of sp³-hybridized carbons (Fsp3) is 0. The maximum atomic E-state index is 13.3. The number of amides is 2. The molecule has 0 heterocycles. The van der Waals surface area contributed by atoms with Gasteiger partial charge >= 0.3 is 0 Å². The molecule has 4 N–H and O–H groups in total. The molecule has 2 amide bonds. The van der Waals surface area contributed by atoms with Crippen molar-refractivity contribution in [3.05, 3.63) is 187 Å². The molecule has 0 fully saturated rings. The van der Waals surface area contributed by atoms with Gasteiger partial charge in [-0.05, 0) is 70.4 Å². The quantitative estimate of drug-likeness (QED) is 0.0552. The highest BCUT2D eigenvalue weighted by Gasteiger charge is 2.21. The predicted octanol–water partition coefficient (Wildman–Crippen LogP) is 13.5. The Labute approximate surface area is 371 Å². The number of nitro benzene ring substituents is 2. The lowest BCUT2D eigenvalue weighted by Gasteiger charge is -2.11. The zero-order valence-corrected chi connectivity index (χ0v) is 34.2. The van der Waals surface area contributed by atoms with Gasteiger partial charge in [0.25, 0.3) is 23.2 Å². The summed E-state index contributed by atoms with van der Waals surface area (Å²) >= 11 is 13.4. The number of nitrogens with one attached hydrogen (secondary N) is 2. The number of hydrogen-bond acceptors (Lipinski definition) is 12. The molecule has 0 unspecified atom stereocenters. The number of aromatic hydroxyl groups is 2. The minimum Gasteiger partial charge on any atom is -0.505 e. The van der Waals surface area contributed by atoms with Crippen molar-refractivity contribution in [2.24, 2.45) is 20.5 Å². The molecule has 0 aliphatic rings. The van der Waals surface area contributed by atoms with E-state index in [1.54, 1.807) is 84.9 Å². The number of azo groups is 2. The van der Waals surface area contributed by atoms with Gasteiger partial charge in [0.2, 0.25) is 0 Å². The van der Waals surface area contributed by atoms with E-state index >= 15 is 0 Å². The number of hydrogen-bond donors (Lipinski definition) is 4. The molecular formula is C46H28Cl2N8O8. The minimum atomic E-state index is -0.726. The summed E-state index contributed by atoms with van der Waals surface area (Å²) in [5.41, 5.74) is 1.37. The van der Waals surface area contributed by atoms with Crippen molar-refractivity contribution in [3.63, 3.8) is 0 Å². The summed E-state index contributed by atoms with van der Waals surface area (Å²) in [5, 5.41) is 70.0. The van der Waals surface area contributed by atoms with Crippen molar-refractivity contribution in [2.45, 2.75) is 0 Å². The van der Waals surface area contributed by atoms with Crippen LogP contribution >= 0.6 is 23.2 Å². The van der Waals surface area contributed by atoms with Gasteiger partial charge in [-0.1, -0.05) is 96.0 Å². The molecule has 0 saturated heterocycles. The van der Waals surface area contributed by atoms with E-state index in [4.69, 9.17) is 23.2 Å². The fourth-order valence-corrected chi connectivity index (χ4v) is 7.15. The molecule has 8 rings (SSSR count). The Morgan fingerprint density at radius 3 is 1.30 bits per heavy atom. The largest absolute Gasteiger partial charge is 0.505 e. The van der Waals surface area contributed by atoms with Crippen LogP contribution in [0.15, 0.2) is 166 Å². The molecule has 0 bridgehead atoms. The number of carbonyl (C=O) groups excluding carboxylic acids is 2. The monoisotopic (exact) mass is 890 g/mol. The Kier molecular flexibility index (Phi) is 11.7. The molecule has 64 heavy (non-hydrogen) atoms. The second-order valence-corrected chi connectivity index (χ2v) is 14.8. The summed E-state index contributed by atoms with van der Waals surface area (Å²) in [6.45, 7) is 0. The summed E-state index contributed by atoms with van der Waals surface area (Å²) in [7, 11) is 0. The van der Waals surface area contributed by atoms with Gasteiger partial charge < -0.3 is 20.8 Å². The number of nitro groups is 2. The van der Waals surface area contributed by atoms with Crippen LogP contribution in [0.2, 0.25) is 10.0 Å². The van der Waals surface area contributed by atoms with Crippen molar-refractivity contribution in [1.29, 1.82) is 0 Å². The summed E-state index contributed by atoms with van der Waals surface area (Å²) in [6, 6.07) is 37.5. The Bertz CT molecular complexity index is 3090. The molecule has 18 heteroatoms.